The average molecular weight is 249 g/mol. The summed E-state index contributed by atoms with van der Waals surface area (Å²) in [5.74, 6) is 3.12. The van der Waals surface area contributed by atoms with Crippen LogP contribution in [0.4, 0.5) is 0 Å². The molecule has 0 saturated heterocycles. The molecule has 0 heterocycles. The van der Waals surface area contributed by atoms with E-state index >= 15 is 0 Å². The number of hydrogen-bond acceptors (Lipinski definition) is 2. The lowest BCUT2D eigenvalue weighted by molar-refractivity contribution is -0.145. The zero-order valence-corrected chi connectivity index (χ0v) is 12.0. The average Bonchev–Trinajstić information content (AvgIpc) is 2.25. The monoisotopic (exact) mass is 249 g/mol. The highest BCUT2D eigenvalue weighted by Crippen LogP contribution is 2.60. The normalized spacial score (nSPS) is 43.4. The first-order chi connectivity index (χ1) is 8.48. The van der Waals surface area contributed by atoms with Crippen LogP contribution in [0.25, 0.3) is 0 Å². The summed E-state index contributed by atoms with van der Waals surface area (Å²) >= 11 is 0. The molecule has 1 N–H and O–H groups in total. The van der Waals surface area contributed by atoms with Crippen LogP contribution in [0.3, 0.4) is 0 Å². The molecule has 102 valence electrons. The molecule has 18 heavy (non-hydrogen) atoms. The van der Waals surface area contributed by atoms with Crippen LogP contribution in [0.2, 0.25) is 0 Å². The molecule has 0 unspecified atom stereocenters. The molecule has 4 saturated carbocycles. The number of nitrogens with one attached hydrogen (secondary N) is 1. The van der Waals surface area contributed by atoms with E-state index in [9.17, 15) is 4.79 Å². The summed E-state index contributed by atoms with van der Waals surface area (Å²) in [4.78, 5) is 12.9. The number of carbonyl (C=O) groups is 1. The molecule has 0 amide bonds. The maximum atomic E-state index is 12.9. The number of Topliss-reactive ketones (excluding diaryl/α,β-unsaturated/α-hetero) is 1. The Kier molecular flexibility index (Phi) is 3.04. The summed E-state index contributed by atoms with van der Waals surface area (Å²) in [5, 5.41) is 3.42. The molecule has 4 fully saturated rings. The van der Waals surface area contributed by atoms with Gasteiger partial charge in [-0.05, 0) is 63.2 Å². The fourth-order valence-electron chi connectivity index (χ4n) is 5.45. The molecule has 0 spiro atoms. The van der Waals surface area contributed by atoms with Crippen molar-refractivity contribution in [3.05, 3.63) is 0 Å². The molecule has 4 bridgehead atoms. The zero-order valence-electron chi connectivity index (χ0n) is 12.0. The summed E-state index contributed by atoms with van der Waals surface area (Å²) in [6.07, 6.45) is 7.83. The van der Waals surface area contributed by atoms with Crippen molar-refractivity contribution < 1.29 is 4.79 Å². The SMILES string of the molecule is CC(C)N[C@@H](C)C(=O)C12CC3CC(CC(C3)C1)C2. The molecule has 0 aromatic rings. The highest BCUT2D eigenvalue weighted by atomic mass is 16.1. The minimum Gasteiger partial charge on any atom is -0.305 e. The van der Waals surface area contributed by atoms with E-state index in [0.29, 0.717) is 11.8 Å². The minimum atomic E-state index is 0.0428. The van der Waals surface area contributed by atoms with E-state index in [2.05, 4.69) is 26.1 Å². The van der Waals surface area contributed by atoms with E-state index in [-0.39, 0.29) is 11.5 Å². The van der Waals surface area contributed by atoms with E-state index in [4.69, 9.17) is 0 Å². The van der Waals surface area contributed by atoms with Crippen molar-refractivity contribution >= 4 is 5.78 Å². The molecule has 4 rings (SSSR count). The third-order valence-electron chi connectivity index (χ3n) is 5.54. The van der Waals surface area contributed by atoms with Crippen LogP contribution in [0.1, 0.15) is 59.3 Å². The zero-order chi connectivity index (χ0) is 12.9. The van der Waals surface area contributed by atoms with Gasteiger partial charge in [-0.15, -0.1) is 0 Å². The Balaban J connectivity index is 1.76. The first kappa shape index (κ1) is 12.7. The molecule has 4 aliphatic rings. The molecule has 2 nitrogen and oxygen atoms in total. The minimum absolute atomic E-state index is 0.0428. The highest BCUT2D eigenvalue weighted by Gasteiger charge is 2.54. The number of ketones is 1. The van der Waals surface area contributed by atoms with Gasteiger partial charge in [0.05, 0.1) is 6.04 Å². The van der Waals surface area contributed by atoms with Crippen LogP contribution in [0.15, 0.2) is 0 Å². The van der Waals surface area contributed by atoms with Gasteiger partial charge in [0.2, 0.25) is 0 Å². The Bertz CT molecular complexity index is 312. The predicted molar refractivity (Wildman–Crippen MR) is 73.3 cm³/mol. The predicted octanol–water partition coefficient (Wildman–Crippen LogP) is 3.16. The van der Waals surface area contributed by atoms with Crippen molar-refractivity contribution in [2.45, 2.75) is 71.4 Å². The van der Waals surface area contributed by atoms with Gasteiger partial charge in [-0.2, -0.15) is 0 Å². The lowest BCUT2D eigenvalue weighted by atomic mass is 9.48. The molecule has 0 aromatic carbocycles. The van der Waals surface area contributed by atoms with Gasteiger partial charge in [0.15, 0.2) is 5.78 Å². The van der Waals surface area contributed by atoms with Crippen LogP contribution in [-0.2, 0) is 4.79 Å². The molecule has 1 atom stereocenters. The van der Waals surface area contributed by atoms with Gasteiger partial charge in [-0.3, -0.25) is 4.79 Å². The van der Waals surface area contributed by atoms with Gasteiger partial charge in [0, 0.05) is 11.5 Å². The topological polar surface area (TPSA) is 29.1 Å². The van der Waals surface area contributed by atoms with Crippen LogP contribution < -0.4 is 5.32 Å². The fourth-order valence-corrected chi connectivity index (χ4v) is 5.45. The Morgan fingerprint density at radius 3 is 1.83 bits per heavy atom. The third-order valence-corrected chi connectivity index (χ3v) is 5.54. The summed E-state index contributed by atoms with van der Waals surface area (Å²) in [5.41, 5.74) is 0.0655. The van der Waals surface area contributed by atoms with E-state index in [1.807, 2.05) is 0 Å². The van der Waals surface area contributed by atoms with Gasteiger partial charge >= 0.3 is 0 Å². The largest absolute Gasteiger partial charge is 0.305 e. The molecule has 0 aliphatic heterocycles. The summed E-state index contributed by atoms with van der Waals surface area (Å²) in [7, 11) is 0. The molecular formula is C16H27NO. The number of hydrogen-bond donors (Lipinski definition) is 1. The quantitative estimate of drug-likeness (QED) is 0.829. The molecular weight excluding hydrogens is 222 g/mol. The number of carbonyl (C=O) groups excluding carboxylic acids is 1. The Hall–Kier alpha value is -0.370. The number of rotatable bonds is 4. The molecule has 0 radical (unpaired) electrons. The lowest BCUT2D eigenvalue weighted by Crippen LogP contribution is -2.55. The summed E-state index contributed by atoms with van der Waals surface area (Å²) in [6, 6.07) is 0.444. The van der Waals surface area contributed by atoms with Crippen molar-refractivity contribution in [3.8, 4) is 0 Å². The van der Waals surface area contributed by atoms with Crippen molar-refractivity contribution in [1.82, 2.24) is 5.32 Å². The summed E-state index contributed by atoms with van der Waals surface area (Å²) in [6.45, 7) is 6.33. The van der Waals surface area contributed by atoms with E-state index in [0.717, 1.165) is 17.8 Å². The Morgan fingerprint density at radius 1 is 1.00 bits per heavy atom. The summed E-state index contributed by atoms with van der Waals surface area (Å²) < 4.78 is 0. The van der Waals surface area contributed by atoms with Gasteiger partial charge in [0.25, 0.3) is 0 Å². The van der Waals surface area contributed by atoms with Crippen molar-refractivity contribution in [1.29, 1.82) is 0 Å². The third kappa shape index (κ3) is 2.03. The van der Waals surface area contributed by atoms with E-state index in [1.54, 1.807) is 0 Å². The van der Waals surface area contributed by atoms with Gasteiger partial charge in [-0.25, -0.2) is 0 Å². The fraction of sp³-hybridized carbons (Fsp3) is 0.938. The smallest absolute Gasteiger partial charge is 0.155 e. The Labute approximate surface area is 111 Å². The second-order valence-electron chi connectivity index (χ2n) is 7.61. The van der Waals surface area contributed by atoms with Crippen molar-refractivity contribution in [2.24, 2.45) is 23.2 Å². The molecule has 0 aromatic heterocycles. The van der Waals surface area contributed by atoms with Gasteiger partial charge in [0.1, 0.15) is 0 Å². The second-order valence-corrected chi connectivity index (χ2v) is 7.61. The standard InChI is InChI=1S/C16H27NO/c1-10(2)17-11(3)15(18)16-7-12-4-13(8-16)6-14(5-12)9-16/h10-14,17H,4-9H2,1-3H3/t11-,12?,13?,14?,16?/m0/s1. The van der Waals surface area contributed by atoms with Gasteiger partial charge < -0.3 is 5.32 Å². The maximum Gasteiger partial charge on any atom is 0.155 e. The Morgan fingerprint density at radius 2 is 1.44 bits per heavy atom. The lowest BCUT2D eigenvalue weighted by Gasteiger charge is -2.56. The maximum absolute atomic E-state index is 12.9. The molecule has 4 aliphatic carbocycles. The van der Waals surface area contributed by atoms with Crippen LogP contribution in [0, 0.1) is 23.2 Å². The van der Waals surface area contributed by atoms with Gasteiger partial charge in [-0.1, -0.05) is 13.8 Å². The van der Waals surface area contributed by atoms with Crippen molar-refractivity contribution in [2.75, 3.05) is 0 Å². The van der Waals surface area contributed by atoms with E-state index in [1.165, 1.54) is 38.5 Å². The first-order valence-electron chi connectivity index (χ1n) is 7.79. The van der Waals surface area contributed by atoms with Crippen molar-refractivity contribution in [3.63, 3.8) is 0 Å². The van der Waals surface area contributed by atoms with Crippen LogP contribution in [-0.4, -0.2) is 17.9 Å². The first-order valence-corrected chi connectivity index (χ1v) is 7.79. The second kappa shape index (κ2) is 4.33. The van der Waals surface area contributed by atoms with E-state index < -0.39 is 0 Å². The highest BCUT2D eigenvalue weighted by molar-refractivity contribution is 5.89. The molecule has 2 heteroatoms. The van der Waals surface area contributed by atoms with Crippen LogP contribution in [0.5, 0.6) is 0 Å². The van der Waals surface area contributed by atoms with Crippen LogP contribution >= 0.6 is 0 Å².